The van der Waals surface area contributed by atoms with Gasteiger partial charge in [-0.15, -0.1) is 0 Å². The van der Waals surface area contributed by atoms with Gasteiger partial charge in [-0.1, -0.05) is 6.07 Å². The molecule has 24 heavy (non-hydrogen) atoms. The third-order valence-electron chi connectivity index (χ3n) is 5.15. The highest BCUT2D eigenvalue weighted by Gasteiger charge is 2.42. The minimum absolute atomic E-state index is 0.179. The van der Waals surface area contributed by atoms with Crippen molar-refractivity contribution in [1.82, 2.24) is 4.90 Å². The maximum Gasteiger partial charge on any atom is 0.308 e. The summed E-state index contributed by atoms with van der Waals surface area (Å²) in [6, 6.07) is 5.85. The van der Waals surface area contributed by atoms with Gasteiger partial charge in [-0.3, -0.25) is 14.4 Å². The van der Waals surface area contributed by atoms with Crippen LogP contribution in [0, 0.1) is 25.7 Å². The molecule has 2 saturated heterocycles. The lowest BCUT2D eigenvalue weighted by Gasteiger charge is -2.21. The van der Waals surface area contributed by atoms with Crippen molar-refractivity contribution in [3.05, 3.63) is 29.3 Å². The normalized spacial score (nSPS) is 23.8. The van der Waals surface area contributed by atoms with E-state index in [0.717, 1.165) is 16.8 Å². The van der Waals surface area contributed by atoms with Gasteiger partial charge in [0.15, 0.2) is 0 Å². The van der Waals surface area contributed by atoms with E-state index in [2.05, 4.69) is 0 Å². The van der Waals surface area contributed by atoms with Crippen LogP contribution in [0.3, 0.4) is 0 Å². The van der Waals surface area contributed by atoms with Gasteiger partial charge in [0.1, 0.15) is 5.92 Å². The first kappa shape index (κ1) is 16.5. The van der Waals surface area contributed by atoms with Crippen LogP contribution in [0.1, 0.15) is 24.0 Å². The predicted octanol–water partition coefficient (Wildman–Crippen LogP) is 1.59. The van der Waals surface area contributed by atoms with E-state index in [1.807, 2.05) is 32.0 Å². The Labute approximate surface area is 141 Å². The molecule has 0 bridgehead atoms. The van der Waals surface area contributed by atoms with Crippen molar-refractivity contribution in [2.45, 2.75) is 26.7 Å². The quantitative estimate of drug-likeness (QED) is 0.854. The smallest absolute Gasteiger partial charge is 0.308 e. The fourth-order valence-corrected chi connectivity index (χ4v) is 3.44. The molecule has 3 rings (SSSR count). The summed E-state index contributed by atoms with van der Waals surface area (Å²) >= 11 is 0. The van der Waals surface area contributed by atoms with Gasteiger partial charge in [0.2, 0.25) is 11.8 Å². The lowest BCUT2D eigenvalue weighted by molar-refractivity contribution is -0.142. The number of carbonyl (C=O) groups is 3. The molecule has 6 heteroatoms. The van der Waals surface area contributed by atoms with Crippen molar-refractivity contribution in [2.24, 2.45) is 11.8 Å². The number of hydrogen-bond acceptors (Lipinski definition) is 3. The van der Waals surface area contributed by atoms with Gasteiger partial charge in [-0.25, -0.2) is 0 Å². The van der Waals surface area contributed by atoms with Crippen LogP contribution < -0.4 is 4.90 Å². The number of carboxylic acid groups (broad SMARTS) is 1. The van der Waals surface area contributed by atoms with E-state index < -0.39 is 17.8 Å². The summed E-state index contributed by atoms with van der Waals surface area (Å²) in [5.41, 5.74) is 3.09. The minimum Gasteiger partial charge on any atom is -0.481 e. The molecule has 0 radical (unpaired) electrons. The van der Waals surface area contributed by atoms with Crippen LogP contribution >= 0.6 is 0 Å². The Balaban J connectivity index is 1.71. The maximum atomic E-state index is 12.7. The molecule has 1 N–H and O–H groups in total. The summed E-state index contributed by atoms with van der Waals surface area (Å²) in [6.45, 7) is 5.17. The molecular formula is C18H22N2O4. The predicted molar refractivity (Wildman–Crippen MR) is 88.7 cm³/mol. The lowest BCUT2D eigenvalue weighted by Crippen LogP contribution is -2.39. The second-order valence-electron chi connectivity index (χ2n) is 6.71. The van der Waals surface area contributed by atoms with Crippen molar-refractivity contribution in [3.63, 3.8) is 0 Å². The first-order valence-electron chi connectivity index (χ1n) is 8.28. The molecule has 0 saturated carbocycles. The largest absolute Gasteiger partial charge is 0.481 e. The summed E-state index contributed by atoms with van der Waals surface area (Å²) in [7, 11) is 0. The zero-order valence-electron chi connectivity index (χ0n) is 14.0. The summed E-state index contributed by atoms with van der Waals surface area (Å²) in [5.74, 6) is -2.47. The standard InChI is InChI=1S/C18H22N2O4/c1-11-3-4-14(9-12(11)2)20-8-6-15(17(20)22)16(21)19-7-5-13(10-19)18(23)24/h3-4,9,13,15H,5-8,10H2,1-2H3,(H,23,24)/t13-,15+/m0/s1. The minimum atomic E-state index is -0.875. The van der Waals surface area contributed by atoms with E-state index in [0.29, 0.717) is 25.9 Å². The Morgan fingerprint density at radius 2 is 1.88 bits per heavy atom. The number of likely N-dealkylation sites (tertiary alicyclic amines) is 1. The SMILES string of the molecule is Cc1ccc(N2CC[C@H](C(=O)N3CC[C@H](C(=O)O)C3)C2=O)cc1C. The number of nitrogens with zero attached hydrogens (tertiary/aromatic N) is 2. The molecule has 6 nitrogen and oxygen atoms in total. The van der Waals surface area contributed by atoms with Gasteiger partial charge in [0, 0.05) is 25.3 Å². The molecular weight excluding hydrogens is 308 g/mol. The van der Waals surface area contributed by atoms with E-state index in [-0.39, 0.29) is 18.4 Å². The monoisotopic (exact) mass is 330 g/mol. The fraction of sp³-hybridized carbons (Fsp3) is 0.500. The summed E-state index contributed by atoms with van der Waals surface area (Å²) in [4.78, 5) is 39.5. The Morgan fingerprint density at radius 3 is 2.50 bits per heavy atom. The Morgan fingerprint density at radius 1 is 1.12 bits per heavy atom. The van der Waals surface area contributed by atoms with Crippen LogP contribution in [-0.4, -0.2) is 47.4 Å². The van der Waals surface area contributed by atoms with E-state index in [1.165, 1.54) is 4.90 Å². The average molecular weight is 330 g/mol. The number of benzene rings is 1. The van der Waals surface area contributed by atoms with E-state index in [1.54, 1.807) is 4.90 Å². The molecule has 2 heterocycles. The van der Waals surface area contributed by atoms with E-state index in [4.69, 9.17) is 5.11 Å². The number of carboxylic acids is 1. The van der Waals surface area contributed by atoms with Crippen LogP contribution in [0.4, 0.5) is 5.69 Å². The fourth-order valence-electron chi connectivity index (χ4n) is 3.44. The van der Waals surface area contributed by atoms with Gasteiger partial charge in [0.25, 0.3) is 0 Å². The van der Waals surface area contributed by atoms with E-state index >= 15 is 0 Å². The second kappa shape index (κ2) is 6.26. The Kier molecular flexibility index (Phi) is 4.30. The number of hydrogen-bond donors (Lipinski definition) is 1. The number of amides is 2. The van der Waals surface area contributed by atoms with Gasteiger partial charge >= 0.3 is 5.97 Å². The van der Waals surface area contributed by atoms with Crippen molar-refractivity contribution in [3.8, 4) is 0 Å². The summed E-state index contributed by atoms with van der Waals surface area (Å²) in [5, 5.41) is 9.06. The molecule has 1 aromatic carbocycles. The number of rotatable bonds is 3. The Hall–Kier alpha value is -2.37. The zero-order chi connectivity index (χ0) is 17.4. The molecule has 0 unspecified atom stereocenters. The van der Waals surface area contributed by atoms with Crippen LogP contribution in [0.25, 0.3) is 0 Å². The second-order valence-corrected chi connectivity index (χ2v) is 6.71. The number of anilines is 1. The first-order valence-corrected chi connectivity index (χ1v) is 8.28. The third-order valence-corrected chi connectivity index (χ3v) is 5.15. The number of aliphatic carboxylic acids is 1. The molecule has 2 fully saturated rings. The van der Waals surface area contributed by atoms with Crippen LogP contribution in [0.15, 0.2) is 18.2 Å². The summed E-state index contributed by atoms with van der Waals surface area (Å²) < 4.78 is 0. The molecule has 1 aromatic rings. The van der Waals surface area contributed by atoms with Gasteiger partial charge in [-0.2, -0.15) is 0 Å². The third kappa shape index (κ3) is 2.88. The van der Waals surface area contributed by atoms with Crippen molar-refractivity contribution in [1.29, 1.82) is 0 Å². The molecule has 2 atom stereocenters. The molecule has 0 spiro atoms. The zero-order valence-corrected chi connectivity index (χ0v) is 14.0. The molecule has 2 aliphatic heterocycles. The van der Waals surface area contributed by atoms with Crippen molar-refractivity contribution < 1.29 is 19.5 Å². The van der Waals surface area contributed by atoms with Gasteiger partial charge in [0.05, 0.1) is 5.92 Å². The maximum absolute atomic E-state index is 12.7. The van der Waals surface area contributed by atoms with E-state index in [9.17, 15) is 14.4 Å². The highest BCUT2D eigenvalue weighted by atomic mass is 16.4. The number of carbonyl (C=O) groups excluding carboxylic acids is 2. The molecule has 2 aliphatic rings. The highest BCUT2D eigenvalue weighted by molar-refractivity contribution is 6.09. The molecule has 0 aromatic heterocycles. The topological polar surface area (TPSA) is 77.9 Å². The van der Waals surface area contributed by atoms with Crippen LogP contribution in [0.2, 0.25) is 0 Å². The molecule has 0 aliphatic carbocycles. The van der Waals surface area contributed by atoms with Gasteiger partial charge < -0.3 is 14.9 Å². The number of aryl methyl sites for hydroxylation is 2. The first-order chi connectivity index (χ1) is 11.4. The summed E-state index contributed by atoms with van der Waals surface area (Å²) in [6.07, 6.45) is 0.946. The average Bonchev–Trinajstić information content (AvgIpc) is 3.16. The molecule has 128 valence electrons. The van der Waals surface area contributed by atoms with Crippen molar-refractivity contribution >= 4 is 23.5 Å². The highest BCUT2D eigenvalue weighted by Crippen LogP contribution is 2.29. The van der Waals surface area contributed by atoms with Crippen LogP contribution in [-0.2, 0) is 14.4 Å². The molecule has 2 amide bonds. The van der Waals surface area contributed by atoms with Crippen molar-refractivity contribution in [2.75, 3.05) is 24.5 Å². The van der Waals surface area contributed by atoms with Gasteiger partial charge in [-0.05, 0) is 49.9 Å². The lowest BCUT2D eigenvalue weighted by atomic mass is 10.1. The Bertz CT molecular complexity index is 700. The van der Waals surface area contributed by atoms with Crippen LogP contribution in [0.5, 0.6) is 0 Å².